The van der Waals surface area contributed by atoms with Crippen molar-refractivity contribution in [2.24, 2.45) is 17.6 Å². The normalized spacial score (nSPS) is 21.8. The lowest BCUT2D eigenvalue weighted by atomic mass is 9.81. The van der Waals surface area contributed by atoms with Crippen LogP contribution in [0.5, 0.6) is 5.75 Å². The molecule has 0 spiro atoms. The Kier molecular flexibility index (Phi) is 6.61. The molecule has 4 N–H and O–H groups in total. The molecule has 0 aliphatic heterocycles. The number of rotatable bonds is 7. The molecule has 0 heterocycles. The van der Waals surface area contributed by atoms with Crippen LogP contribution in [0.2, 0.25) is 0 Å². The molecule has 1 saturated carbocycles. The molecular formula is C18H26N2O4. The summed E-state index contributed by atoms with van der Waals surface area (Å²) in [5, 5.41) is 12.1. The minimum atomic E-state index is -1.02. The monoisotopic (exact) mass is 334 g/mol. The van der Waals surface area contributed by atoms with E-state index in [4.69, 9.17) is 10.5 Å². The predicted molar refractivity (Wildman–Crippen MR) is 90.8 cm³/mol. The molecule has 0 unspecified atom stereocenters. The summed E-state index contributed by atoms with van der Waals surface area (Å²) in [6.45, 7) is 0.656. The number of benzene rings is 1. The van der Waals surface area contributed by atoms with Gasteiger partial charge < -0.3 is 20.9 Å². The van der Waals surface area contributed by atoms with Crippen molar-refractivity contribution < 1.29 is 19.4 Å². The maximum atomic E-state index is 12.4. The van der Waals surface area contributed by atoms with E-state index < -0.39 is 12.0 Å². The van der Waals surface area contributed by atoms with Crippen LogP contribution in [0.1, 0.15) is 31.2 Å². The Bertz CT molecular complexity index is 551. The van der Waals surface area contributed by atoms with E-state index >= 15 is 0 Å². The highest BCUT2D eigenvalue weighted by molar-refractivity contribution is 5.85. The van der Waals surface area contributed by atoms with Crippen molar-refractivity contribution in [3.05, 3.63) is 29.8 Å². The van der Waals surface area contributed by atoms with E-state index in [1.54, 1.807) is 19.2 Å². The molecule has 0 bridgehead atoms. The fraction of sp³-hybridized carbons (Fsp3) is 0.556. The van der Waals surface area contributed by atoms with Crippen LogP contribution < -0.4 is 15.8 Å². The van der Waals surface area contributed by atoms with Gasteiger partial charge in [0.05, 0.1) is 7.11 Å². The third kappa shape index (κ3) is 4.96. The van der Waals surface area contributed by atoms with Gasteiger partial charge in [-0.2, -0.15) is 0 Å². The van der Waals surface area contributed by atoms with Gasteiger partial charge in [-0.05, 0) is 55.8 Å². The summed E-state index contributed by atoms with van der Waals surface area (Å²) in [6, 6.07) is 6.27. The molecule has 0 saturated heterocycles. The molecule has 6 heteroatoms. The maximum absolute atomic E-state index is 12.4. The Labute approximate surface area is 142 Å². The number of nitrogens with two attached hydrogens (primary N) is 1. The lowest BCUT2D eigenvalue weighted by molar-refractivity contribution is -0.142. The van der Waals surface area contributed by atoms with Crippen LogP contribution in [0.25, 0.3) is 0 Å². The van der Waals surface area contributed by atoms with Crippen LogP contribution in [0.3, 0.4) is 0 Å². The molecule has 1 aliphatic rings. The topological polar surface area (TPSA) is 102 Å². The van der Waals surface area contributed by atoms with Gasteiger partial charge in [0.25, 0.3) is 0 Å². The van der Waals surface area contributed by atoms with Crippen molar-refractivity contribution >= 4 is 11.9 Å². The third-order valence-electron chi connectivity index (χ3n) is 4.76. The average Bonchev–Trinajstić information content (AvgIpc) is 2.61. The van der Waals surface area contributed by atoms with E-state index in [1.165, 1.54) is 0 Å². The Morgan fingerprint density at radius 1 is 1.25 bits per heavy atom. The van der Waals surface area contributed by atoms with Crippen LogP contribution in [0.15, 0.2) is 24.3 Å². The molecular weight excluding hydrogens is 308 g/mol. The zero-order chi connectivity index (χ0) is 17.5. The second kappa shape index (κ2) is 8.68. The first kappa shape index (κ1) is 18.3. The van der Waals surface area contributed by atoms with E-state index in [1.807, 2.05) is 12.1 Å². The zero-order valence-electron chi connectivity index (χ0n) is 14.0. The van der Waals surface area contributed by atoms with E-state index in [-0.39, 0.29) is 18.2 Å². The van der Waals surface area contributed by atoms with Crippen molar-refractivity contribution in [2.45, 2.75) is 38.1 Å². The van der Waals surface area contributed by atoms with Crippen LogP contribution in [-0.2, 0) is 16.0 Å². The van der Waals surface area contributed by atoms with Crippen molar-refractivity contribution in [2.75, 3.05) is 13.7 Å². The van der Waals surface area contributed by atoms with E-state index in [2.05, 4.69) is 5.32 Å². The van der Waals surface area contributed by atoms with Crippen LogP contribution in [0.4, 0.5) is 0 Å². The highest BCUT2D eigenvalue weighted by Gasteiger charge is 2.29. The number of carboxylic acid groups (broad SMARTS) is 1. The number of carbonyl (C=O) groups is 2. The zero-order valence-corrected chi connectivity index (χ0v) is 14.0. The van der Waals surface area contributed by atoms with E-state index in [9.17, 15) is 14.7 Å². The Morgan fingerprint density at radius 3 is 2.38 bits per heavy atom. The predicted octanol–water partition coefficient (Wildman–Crippen LogP) is 1.57. The molecule has 1 aromatic rings. The second-order valence-electron chi connectivity index (χ2n) is 6.40. The van der Waals surface area contributed by atoms with Gasteiger partial charge >= 0.3 is 5.97 Å². The van der Waals surface area contributed by atoms with E-state index in [0.29, 0.717) is 18.2 Å². The van der Waals surface area contributed by atoms with Crippen molar-refractivity contribution in [3.8, 4) is 5.75 Å². The molecule has 1 aromatic carbocycles. The molecule has 132 valence electrons. The summed E-state index contributed by atoms with van der Waals surface area (Å²) in [7, 11) is 1.58. The van der Waals surface area contributed by atoms with Crippen LogP contribution >= 0.6 is 0 Å². The molecule has 24 heavy (non-hydrogen) atoms. The molecule has 0 radical (unpaired) electrons. The first-order valence-corrected chi connectivity index (χ1v) is 8.39. The van der Waals surface area contributed by atoms with Gasteiger partial charge in [0.1, 0.15) is 11.8 Å². The van der Waals surface area contributed by atoms with E-state index in [0.717, 1.165) is 31.2 Å². The molecule has 1 amide bonds. The molecule has 6 nitrogen and oxygen atoms in total. The van der Waals surface area contributed by atoms with Gasteiger partial charge in [0.15, 0.2) is 0 Å². The summed E-state index contributed by atoms with van der Waals surface area (Å²) in [4.78, 5) is 23.9. The summed E-state index contributed by atoms with van der Waals surface area (Å²) in [5.41, 5.74) is 6.51. The number of hydrogen-bond donors (Lipinski definition) is 3. The van der Waals surface area contributed by atoms with Gasteiger partial charge in [0, 0.05) is 12.3 Å². The van der Waals surface area contributed by atoms with Gasteiger partial charge in [-0.25, -0.2) is 4.79 Å². The summed E-state index contributed by atoms with van der Waals surface area (Å²) < 4.78 is 5.09. The van der Waals surface area contributed by atoms with Crippen molar-refractivity contribution in [1.82, 2.24) is 5.32 Å². The summed E-state index contributed by atoms with van der Waals surface area (Å²) in [5.74, 6) is -0.0818. The number of nitrogens with one attached hydrogen (secondary N) is 1. The first-order chi connectivity index (χ1) is 11.5. The average molecular weight is 334 g/mol. The van der Waals surface area contributed by atoms with Crippen molar-refractivity contribution in [3.63, 3.8) is 0 Å². The summed E-state index contributed by atoms with van der Waals surface area (Å²) >= 11 is 0. The standard InChI is InChI=1S/C18H26N2O4/c1-24-15-8-4-12(5-9-15)10-16(18(22)23)20-17(21)14-6-2-13(11-19)3-7-14/h4-5,8-9,13-14,16H,2-3,6-7,10-11,19H2,1H3,(H,20,21)(H,22,23)/t13?,14?,16-/m0/s1. The van der Waals surface area contributed by atoms with Crippen LogP contribution in [-0.4, -0.2) is 36.7 Å². The minimum absolute atomic E-state index is 0.106. The second-order valence-corrected chi connectivity index (χ2v) is 6.40. The first-order valence-electron chi connectivity index (χ1n) is 8.39. The number of hydrogen-bond acceptors (Lipinski definition) is 4. The summed E-state index contributed by atoms with van der Waals surface area (Å²) in [6.07, 6.45) is 3.68. The number of amides is 1. The third-order valence-corrected chi connectivity index (χ3v) is 4.76. The number of methoxy groups -OCH3 is 1. The van der Waals surface area contributed by atoms with Gasteiger partial charge in [-0.3, -0.25) is 4.79 Å². The number of ether oxygens (including phenoxy) is 1. The molecule has 2 rings (SSSR count). The quantitative estimate of drug-likeness (QED) is 0.702. The van der Waals surface area contributed by atoms with Crippen molar-refractivity contribution in [1.29, 1.82) is 0 Å². The molecule has 0 aromatic heterocycles. The van der Waals surface area contributed by atoms with Gasteiger partial charge in [-0.1, -0.05) is 12.1 Å². The Balaban J connectivity index is 1.92. The fourth-order valence-electron chi connectivity index (χ4n) is 3.15. The lowest BCUT2D eigenvalue weighted by Crippen LogP contribution is -2.45. The molecule has 1 aliphatic carbocycles. The lowest BCUT2D eigenvalue weighted by Gasteiger charge is -2.27. The SMILES string of the molecule is COc1ccc(C[C@H](NC(=O)C2CCC(CN)CC2)C(=O)O)cc1. The van der Waals surface area contributed by atoms with Crippen LogP contribution in [0, 0.1) is 11.8 Å². The highest BCUT2D eigenvalue weighted by Crippen LogP contribution is 2.28. The van der Waals surface area contributed by atoms with Gasteiger partial charge in [-0.15, -0.1) is 0 Å². The molecule has 1 fully saturated rings. The Morgan fingerprint density at radius 2 is 1.88 bits per heavy atom. The highest BCUT2D eigenvalue weighted by atomic mass is 16.5. The number of carbonyl (C=O) groups excluding carboxylic acids is 1. The smallest absolute Gasteiger partial charge is 0.326 e. The Hall–Kier alpha value is -2.08. The number of aliphatic carboxylic acids is 1. The fourth-order valence-corrected chi connectivity index (χ4v) is 3.15. The largest absolute Gasteiger partial charge is 0.497 e. The number of carboxylic acids is 1. The van der Waals surface area contributed by atoms with Gasteiger partial charge in [0.2, 0.25) is 5.91 Å². The molecule has 1 atom stereocenters. The maximum Gasteiger partial charge on any atom is 0.326 e. The minimum Gasteiger partial charge on any atom is -0.497 e.